The number of anilines is 1. The van der Waals surface area contributed by atoms with Gasteiger partial charge >= 0.3 is 0 Å². The Balaban J connectivity index is 1.81. The summed E-state index contributed by atoms with van der Waals surface area (Å²) in [6, 6.07) is 2.40. The first-order chi connectivity index (χ1) is 9.58. The zero-order chi connectivity index (χ0) is 14.3. The lowest BCUT2D eigenvalue weighted by Crippen LogP contribution is -2.28. The molecule has 1 aliphatic rings. The Morgan fingerprint density at radius 2 is 2.20 bits per heavy atom. The van der Waals surface area contributed by atoms with Gasteiger partial charge in [-0.25, -0.2) is 13.8 Å². The lowest BCUT2D eigenvalue weighted by molar-refractivity contribution is -0.122. The summed E-state index contributed by atoms with van der Waals surface area (Å²) >= 11 is 0. The molecule has 0 radical (unpaired) electrons. The number of nitrogens with zero attached hydrogens (tertiary/aromatic N) is 2. The minimum Gasteiger partial charge on any atom is -0.369 e. The van der Waals surface area contributed by atoms with E-state index in [0.717, 1.165) is 18.9 Å². The number of carbonyl (C=O) groups excluding carboxylic acids is 1. The van der Waals surface area contributed by atoms with Crippen LogP contribution in [0.3, 0.4) is 0 Å². The number of carbonyl (C=O) groups is 1. The average molecular weight is 280 g/mol. The predicted molar refractivity (Wildman–Crippen MR) is 69.8 cm³/mol. The van der Waals surface area contributed by atoms with E-state index in [-0.39, 0.29) is 29.8 Å². The zero-order valence-corrected chi connectivity index (χ0v) is 10.7. The normalized spacial score (nSPS) is 14.7. The number of aromatic nitrogens is 2. The lowest BCUT2D eigenvalue weighted by atomic mass is 10.3. The Morgan fingerprint density at radius 3 is 2.90 bits per heavy atom. The van der Waals surface area contributed by atoms with Crippen molar-refractivity contribution < 1.29 is 13.6 Å². The molecular formula is C13H14F2N4O. The molecular weight excluding hydrogens is 266 g/mol. The second-order valence-corrected chi connectivity index (χ2v) is 4.92. The van der Waals surface area contributed by atoms with Crippen LogP contribution in [0.2, 0.25) is 0 Å². The number of amides is 1. The van der Waals surface area contributed by atoms with Crippen molar-refractivity contribution in [2.75, 3.05) is 12.3 Å². The monoisotopic (exact) mass is 280 g/mol. The van der Waals surface area contributed by atoms with Gasteiger partial charge in [-0.05, 0) is 25.0 Å². The molecule has 0 spiro atoms. The van der Waals surface area contributed by atoms with Crippen molar-refractivity contribution in [1.29, 1.82) is 0 Å². The third-order valence-electron chi connectivity index (χ3n) is 3.41. The highest BCUT2D eigenvalue weighted by Crippen LogP contribution is 2.28. The molecule has 0 bridgehead atoms. The number of nitrogen functional groups attached to an aromatic ring is 1. The Bertz CT molecular complexity index is 679. The number of nitrogens with two attached hydrogens (primary N) is 1. The highest BCUT2D eigenvalue weighted by Gasteiger charge is 2.29. The van der Waals surface area contributed by atoms with E-state index in [1.54, 1.807) is 0 Å². The predicted octanol–water partition coefficient (Wildman–Crippen LogP) is 1.42. The molecule has 3 rings (SSSR count). The van der Waals surface area contributed by atoms with Gasteiger partial charge in [-0.15, -0.1) is 0 Å². The summed E-state index contributed by atoms with van der Waals surface area (Å²) in [5.41, 5.74) is 6.04. The minimum absolute atomic E-state index is 0.000329. The van der Waals surface area contributed by atoms with E-state index >= 15 is 0 Å². The molecule has 0 unspecified atom stereocenters. The second kappa shape index (κ2) is 4.73. The topological polar surface area (TPSA) is 72.9 Å². The van der Waals surface area contributed by atoms with Crippen LogP contribution in [0.15, 0.2) is 12.1 Å². The van der Waals surface area contributed by atoms with Crippen LogP contribution in [0, 0.1) is 17.6 Å². The molecule has 1 saturated carbocycles. The zero-order valence-electron chi connectivity index (χ0n) is 10.7. The van der Waals surface area contributed by atoms with Crippen molar-refractivity contribution >= 4 is 22.9 Å². The number of benzene rings is 1. The van der Waals surface area contributed by atoms with Crippen LogP contribution >= 0.6 is 0 Å². The van der Waals surface area contributed by atoms with Gasteiger partial charge in [0.1, 0.15) is 5.52 Å². The van der Waals surface area contributed by atoms with Crippen molar-refractivity contribution in [1.82, 2.24) is 14.9 Å². The summed E-state index contributed by atoms with van der Waals surface area (Å²) in [7, 11) is 0. The van der Waals surface area contributed by atoms with Crippen molar-refractivity contribution in [2.45, 2.75) is 19.4 Å². The smallest absolute Gasteiger partial charge is 0.223 e. The van der Waals surface area contributed by atoms with Crippen molar-refractivity contribution in [2.24, 2.45) is 5.92 Å². The molecule has 1 aliphatic carbocycles. The molecule has 2 aromatic rings. The summed E-state index contributed by atoms with van der Waals surface area (Å²) in [6.07, 6.45) is 1.84. The van der Waals surface area contributed by atoms with E-state index in [0.29, 0.717) is 12.1 Å². The summed E-state index contributed by atoms with van der Waals surface area (Å²) in [4.78, 5) is 15.5. The van der Waals surface area contributed by atoms with Crippen molar-refractivity contribution in [3.63, 3.8) is 0 Å². The van der Waals surface area contributed by atoms with Gasteiger partial charge in [0, 0.05) is 19.0 Å². The fourth-order valence-corrected chi connectivity index (χ4v) is 2.18. The number of fused-ring (bicyclic) bond motifs is 1. The molecule has 0 saturated heterocycles. The molecule has 0 atom stereocenters. The lowest BCUT2D eigenvalue weighted by Gasteiger charge is -2.08. The quantitative estimate of drug-likeness (QED) is 0.889. The molecule has 3 N–H and O–H groups in total. The number of rotatable bonds is 4. The number of hydrogen-bond acceptors (Lipinski definition) is 3. The van der Waals surface area contributed by atoms with E-state index in [1.165, 1.54) is 10.6 Å². The van der Waals surface area contributed by atoms with Gasteiger partial charge in [0.25, 0.3) is 0 Å². The first kappa shape index (κ1) is 12.8. The molecule has 106 valence electrons. The summed E-state index contributed by atoms with van der Waals surface area (Å²) in [5, 5.41) is 2.75. The van der Waals surface area contributed by atoms with Gasteiger partial charge in [-0.2, -0.15) is 0 Å². The Morgan fingerprint density at radius 1 is 1.45 bits per heavy atom. The second-order valence-electron chi connectivity index (χ2n) is 4.92. The number of halogens is 2. The van der Waals surface area contributed by atoms with Crippen LogP contribution in [0.1, 0.15) is 12.8 Å². The van der Waals surface area contributed by atoms with Gasteiger partial charge in [-0.3, -0.25) is 4.79 Å². The van der Waals surface area contributed by atoms with Gasteiger partial charge in [0.05, 0.1) is 5.52 Å². The average Bonchev–Trinajstić information content (AvgIpc) is 3.20. The van der Waals surface area contributed by atoms with Gasteiger partial charge in [0.2, 0.25) is 11.9 Å². The van der Waals surface area contributed by atoms with Crippen LogP contribution < -0.4 is 11.1 Å². The minimum atomic E-state index is -0.972. The van der Waals surface area contributed by atoms with E-state index < -0.39 is 11.6 Å². The first-order valence-corrected chi connectivity index (χ1v) is 6.45. The highest BCUT2D eigenvalue weighted by atomic mass is 19.2. The maximum Gasteiger partial charge on any atom is 0.223 e. The molecule has 20 heavy (non-hydrogen) atoms. The Hall–Kier alpha value is -2.18. The molecule has 0 aliphatic heterocycles. The van der Waals surface area contributed by atoms with E-state index in [4.69, 9.17) is 5.73 Å². The molecule has 7 heteroatoms. The molecule has 1 amide bonds. The largest absolute Gasteiger partial charge is 0.369 e. The molecule has 1 aromatic heterocycles. The summed E-state index contributed by atoms with van der Waals surface area (Å²) in [5.74, 6) is -1.70. The Labute approximate surface area is 113 Å². The van der Waals surface area contributed by atoms with Crippen LogP contribution in [-0.4, -0.2) is 22.0 Å². The SMILES string of the molecule is Nc1nc2ccc(F)c(F)c2n1CCNC(=O)C1CC1. The standard InChI is InChI=1S/C13H14F2N4O/c14-8-3-4-9-11(10(8)15)19(13(16)18-9)6-5-17-12(20)7-1-2-7/h3-4,7H,1-2,5-6H2,(H2,16,18)(H,17,20). The van der Waals surface area contributed by atoms with Gasteiger partial charge in [0.15, 0.2) is 11.6 Å². The van der Waals surface area contributed by atoms with Crippen LogP contribution in [0.4, 0.5) is 14.7 Å². The third kappa shape index (κ3) is 2.19. The van der Waals surface area contributed by atoms with Crippen molar-refractivity contribution in [3.05, 3.63) is 23.8 Å². The van der Waals surface area contributed by atoms with Crippen molar-refractivity contribution in [3.8, 4) is 0 Å². The molecule has 1 fully saturated rings. The summed E-state index contributed by atoms with van der Waals surface area (Å²) in [6.45, 7) is 0.558. The molecule has 1 aromatic carbocycles. The van der Waals surface area contributed by atoms with E-state index in [2.05, 4.69) is 10.3 Å². The van der Waals surface area contributed by atoms with Gasteiger partial charge < -0.3 is 15.6 Å². The third-order valence-corrected chi connectivity index (χ3v) is 3.41. The van der Waals surface area contributed by atoms with Gasteiger partial charge in [-0.1, -0.05) is 0 Å². The first-order valence-electron chi connectivity index (χ1n) is 6.45. The molecule has 5 nitrogen and oxygen atoms in total. The van der Waals surface area contributed by atoms with Crippen LogP contribution in [0.5, 0.6) is 0 Å². The maximum atomic E-state index is 13.8. The Kier molecular flexibility index (Phi) is 3.04. The van der Waals surface area contributed by atoms with E-state index in [9.17, 15) is 13.6 Å². The summed E-state index contributed by atoms with van der Waals surface area (Å²) < 4.78 is 28.5. The number of hydrogen-bond donors (Lipinski definition) is 2. The number of nitrogens with one attached hydrogen (secondary N) is 1. The fourth-order valence-electron chi connectivity index (χ4n) is 2.18. The highest BCUT2D eigenvalue weighted by molar-refractivity contribution is 5.81. The van der Waals surface area contributed by atoms with Crippen LogP contribution in [-0.2, 0) is 11.3 Å². The maximum absolute atomic E-state index is 13.8. The molecule has 1 heterocycles. The van der Waals surface area contributed by atoms with Crippen LogP contribution in [0.25, 0.3) is 11.0 Å². The number of imidazole rings is 1. The fraction of sp³-hybridized carbons (Fsp3) is 0.385. The van der Waals surface area contributed by atoms with E-state index in [1.807, 2.05) is 0 Å².